The van der Waals surface area contributed by atoms with Crippen molar-refractivity contribution in [2.75, 3.05) is 12.3 Å². The lowest BCUT2D eigenvalue weighted by Gasteiger charge is -2.39. The molecular weight excluding hydrogens is 324 g/mol. The number of sulfonamides is 1. The van der Waals surface area contributed by atoms with Gasteiger partial charge in [0.1, 0.15) is 0 Å². The Balaban J connectivity index is 1.82. The normalized spacial score (nSPS) is 23.6. The van der Waals surface area contributed by atoms with Gasteiger partial charge in [-0.3, -0.25) is 4.79 Å². The van der Waals surface area contributed by atoms with E-state index in [2.05, 4.69) is 30.8 Å². The first-order valence-electron chi connectivity index (χ1n) is 8.50. The lowest BCUT2D eigenvalue weighted by molar-refractivity contribution is 0.0956. The Morgan fingerprint density at radius 3 is 2.50 bits per heavy atom. The summed E-state index contributed by atoms with van der Waals surface area (Å²) < 4.78 is 27.4. The molecule has 1 amide bonds. The molecule has 1 aliphatic rings. The monoisotopic (exact) mass is 352 g/mol. The molecule has 5 nitrogen and oxygen atoms in total. The summed E-state index contributed by atoms with van der Waals surface area (Å²) in [5.41, 5.74) is 0.692. The molecule has 2 rings (SSSR count). The average Bonchev–Trinajstić information content (AvgIpc) is 2.45. The quantitative estimate of drug-likeness (QED) is 0.826. The zero-order valence-electron chi connectivity index (χ0n) is 14.7. The van der Waals surface area contributed by atoms with Crippen LogP contribution in [0.15, 0.2) is 30.3 Å². The highest BCUT2D eigenvalue weighted by Gasteiger charge is 2.33. The van der Waals surface area contributed by atoms with Crippen LogP contribution in [0.3, 0.4) is 0 Å². The highest BCUT2D eigenvalue weighted by Crippen LogP contribution is 2.38. The predicted molar refractivity (Wildman–Crippen MR) is 96.3 cm³/mol. The molecule has 0 bridgehead atoms. The minimum atomic E-state index is -3.40. The standard InChI is InChI=1S/C18H28N2O3S/c1-14-11-16(13-18(2,3)12-14)20-24(22,23)10-9-19-17(21)15-7-5-4-6-8-15/h4-8,14,16,20H,9-13H2,1-3H3,(H,19,21)/t14-,16-/m1/s1. The van der Waals surface area contributed by atoms with Gasteiger partial charge in [0.15, 0.2) is 0 Å². The number of amides is 1. The number of carbonyl (C=O) groups excluding carboxylic acids is 1. The average molecular weight is 353 g/mol. The predicted octanol–water partition coefficient (Wildman–Crippen LogP) is 2.55. The van der Waals surface area contributed by atoms with Crippen molar-refractivity contribution in [3.05, 3.63) is 35.9 Å². The molecule has 1 saturated carbocycles. The maximum Gasteiger partial charge on any atom is 0.251 e. The van der Waals surface area contributed by atoms with Crippen LogP contribution in [0.25, 0.3) is 0 Å². The molecule has 24 heavy (non-hydrogen) atoms. The first-order chi connectivity index (χ1) is 11.2. The number of hydrogen-bond donors (Lipinski definition) is 2. The summed E-state index contributed by atoms with van der Waals surface area (Å²) in [5.74, 6) is 0.161. The molecule has 0 spiro atoms. The summed E-state index contributed by atoms with van der Waals surface area (Å²) in [7, 11) is -3.40. The van der Waals surface area contributed by atoms with Crippen LogP contribution in [0, 0.1) is 11.3 Å². The van der Waals surface area contributed by atoms with Crippen molar-refractivity contribution in [3.8, 4) is 0 Å². The summed E-state index contributed by atoms with van der Waals surface area (Å²) >= 11 is 0. The van der Waals surface area contributed by atoms with Crippen LogP contribution in [-0.2, 0) is 10.0 Å². The summed E-state index contributed by atoms with van der Waals surface area (Å²) in [5, 5.41) is 2.66. The second-order valence-corrected chi connectivity index (χ2v) is 9.54. The highest BCUT2D eigenvalue weighted by atomic mass is 32.2. The van der Waals surface area contributed by atoms with E-state index in [1.165, 1.54) is 0 Å². The van der Waals surface area contributed by atoms with Gasteiger partial charge in [-0.15, -0.1) is 0 Å². The van der Waals surface area contributed by atoms with Crippen molar-refractivity contribution >= 4 is 15.9 Å². The van der Waals surface area contributed by atoms with Crippen molar-refractivity contribution in [3.63, 3.8) is 0 Å². The molecule has 0 aromatic heterocycles. The van der Waals surface area contributed by atoms with Crippen molar-refractivity contribution < 1.29 is 13.2 Å². The number of benzene rings is 1. The first kappa shape index (κ1) is 18.9. The zero-order valence-corrected chi connectivity index (χ0v) is 15.5. The Morgan fingerprint density at radius 1 is 1.21 bits per heavy atom. The van der Waals surface area contributed by atoms with E-state index in [-0.39, 0.29) is 29.7 Å². The van der Waals surface area contributed by atoms with E-state index in [0.29, 0.717) is 11.5 Å². The number of rotatable bonds is 6. The van der Waals surface area contributed by atoms with Gasteiger partial charge in [0.05, 0.1) is 5.75 Å². The van der Waals surface area contributed by atoms with Crippen LogP contribution in [0.1, 0.15) is 50.4 Å². The van der Waals surface area contributed by atoms with Crippen LogP contribution < -0.4 is 10.0 Å². The summed E-state index contributed by atoms with van der Waals surface area (Å²) in [6.07, 6.45) is 2.85. The number of carbonyl (C=O) groups is 1. The van der Waals surface area contributed by atoms with Gasteiger partial charge in [-0.25, -0.2) is 13.1 Å². The van der Waals surface area contributed by atoms with E-state index in [1.807, 2.05) is 6.07 Å². The maximum absolute atomic E-state index is 12.3. The smallest absolute Gasteiger partial charge is 0.251 e. The van der Waals surface area contributed by atoms with E-state index in [4.69, 9.17) is 0 Å². The molecule has 0 aliphatic heterocycles. The van der Waals surface area contributed by atoms with Gasteiger partial charge in [0.25, 0.3) is 5.91 Å². The second kappa shape index (κ2) is 7.66. The maximum atomic E-state index is 12.3. The topological polar surface area (TPSA) is 75.3 Å². The molecule has 1 aromatic carbocycles. The fourth-order valence-electron chi connectivity index (χ4n) is 3.74. The van der Waals surface area contributed by atoms with Crippen molar-refractivity contribution in [2.45, 2.75) is 46.1 Å². The van der Waals surface area contributed by atoms with Gasteiger partial charge in [0, 0.05) is 18.2 Å². The lowest BCUT2D eigenvalue weighted by Crippen LogP contribution is -2.45. The van der Waals surface area contributed by atoms with Crippen LogP contribution >= 0.6 is 0 Å². The molecule has 0 saturated heterocycles. The van der Waals surface area contributed by atoms with Crippen LogP contribution in [0.5, 0.6) is 0 Å². The highest BCUT2D eigenvalue weighted by molar-refractivity contribution is 7.89. The van der Waals surface area contributed by atoms with Crippen LogP contribution in [0.4, 0.5) is 0 Å². The van der Waals surface area contributed by atoms with Crippen molar-refractivity contribution in [1.82, 2.24) is 10.0 Å². The second-order valence-electron chi connectivity index (χ2n) is 7.67. The van der Waals surface area contributed by atoms with E-state index in [9.17, 15) is 13.2 Å². The largest absolute Gasteiger partial charge is 0.351 e. The molecule has 2 atom stereocenters. The van der Waals surface area contributed by atoms with Gasteiger partial charge in [0.2, 0.25) is 10.0 Å². The molecule has 0 unspecified atom stereocenters. The Labute approximate surface area is 145 Å². The SMILES string of the molecule is C[C@@H]1C[C@@H](NS(=O)(=O)CCNC(=O)c2ccccc2)CC(C)(C)C1. The first-order valence-corrected chi connectivity index (χ1v) is 10.2. The molecular formula is C18H28N2O3S. The number of hydrogen-bond acceptors (Lipinski definition) is 3. The van der Waals surface area contributed by atoms with Crippen molar-refractivity contribution in [2.24, 2.45) is 11.3 Å². The molecule has 1 aromatic rings. The minimum absolute atomic E-state index is 0.0152. The third kappa shape index (κ3) is 5.91. The molecule has 0 heterocycles. The van der Waals surface area contributed by atoms with E-state index in [0.717, 1.165) is 19.3 Å². The molecule has 1 aliphatic carbocycles. The minimum Gasteiger partial charge on any atom is -0.351 e. The summed E-state index contributed by atoms with van der Waals surface area (Å²) in [4.78, 5) is 11.9. The fraction of sp³-hybridized carbons (Fsp3) is 0.611. The summed E-state index contributed by atoms with van der Waals surface area (Å²) in [6, 6.07) is 8.77. The van der Waals surface area contributed by atoms with Gasteiger partial charge >= 0.3 is 0 Å². The Hall–Kier alpha value is -1.40. The van der Waals surface area contributed by atoms with E-state index < -0.39 is 10.0 Å². The number of nitrogens with one attached hydrogen (secondary N) is 2. The lowest BCUT2D eigenvalue weighted by atomic mass is 9.71. The summed E-state index contributed by atoms with van der Waals surface area (Å²) in [6.45, 7) is 6.64. The molecule has 134 valence electrons. The molecule has 0 radical (unpaired) electrons. The molecule has 6 heteroatoms. The van der Waals surface area contributed by atoms with Gasteiger partial charge in [-0.05, 0) is 42.7 Å². The van der Waals surface area contributed by atoms with Gasteiger partial charge in [-0.1, -0.05) is 39.0 Å². The van der Waals surface area contributed by atoms with E-state index in [1.54, 1.807) is 24.3 Å². The third-order valence-electron chi connectivity index (χ3n) is 4.43. The van der Waals surface area contributed by atoms with Gasteiger partial charge in [-0.2, -0.15) is 0 Å². The van der Waals surface area contributed by atoms with Crippen LogP contribution in [0.2, 0.25) is 0 Å². The van der Waals surface area contributed by atoms with Crippen LogP contribution in [-0.4, -0.2) is 32.7 Å². The fourth-order valence-corrected chi connectivity index (χ4v) is 4.92. The third-order valence-corrected chi connectivity index (χ3v) is 5.86. The van der Waals surface area contributed by atoms with Gasteiger partial charge < -0.3 is 5.32 Å². The Kier molecular flexibility index (Phi) is 6.04. The molecule has 1 fully saturated rings. The molecule has 2 N–H and O–H groups in total. The Morgan fingerprint density at radius 2 is 1.88 bits per heavy atom. The zero-order chi connectivity index (χ0) is 17.8. The van der Waals surface area contributed by atoms with E-state index >= 15 is 0 Å². The van der Waals surface area contributed by atoms with Crippen molar-refractivity contribution in [1.29, 1.82) is 0 Å². The Bertz CT molecular complexity index is 656.